The van der Waals surface area contributed by atoms with Gasteiger partial charge in [0.15, 0.2) is 6.29 Å². The van der Waals surface area contributed by atoms with Gasteiger partial charge in [0.1, 0.15) is 11.5 Å². The van der Waals surface area contributed by atoms with E-state index in [1.54, 1.807) is 20.4 Å². The fourth-order valence-corrected chi connectivity index (χ4v) is 2.73. The molecule has 25 heavy (non-hydrogen) atoms. The van der Waals surface area contributed by atoms with Crippen LogP contribution in [0.2, 0.25) is 0 Å². The van der Waals surface area contributed by atoms with Crippen LogP contribution in [0.1, 0.15) is 16.1 Å². The molecule has 0 saturated carbocycles. The lowest BCUT2D eigenvalue weighted by Gasteiger charge is -1.98. The van der Waals surface area contributed by atoms with Crippen molar-refractivity contribution in [3.05, 3.63) is 59.9 Å². The minimum atomic E-state index is 0.661. The lowest BCUT2D eigenvalue weighted by molar-refractivity contribution is 0.112. The number of fused-ring (bicyclic) bond motifs is 2. The number of carbonyl (C=O) groups is 1. The van der Waals surface area contributed by atoms with Gasteiger partial charge in [-0.1, -0.05) is 0 Å². The molecule has 0 bridgehead atoms. The third kappa shape index (κ3) is 3.50. The highest BCUT2D eigenvalue weighted by atomic mass is 16.5. The molecular weight excluding hydrogens is 316 g/mol. The Labute approximate surface area is 145 Å². The number of aldehydes is 1. The number of ether oxygens (including phenoxy) is 2. The first-order valence-corrected chi connectivity index (χ1v) is 7.88. The number of hydrogen-bond donors (Lipinski definition) is 2. The van der Waals surface area contributed by atoms with Gasteiger partial charge in [-0.2, -0.15) is 0 Å². The molecule has 0 amide bonds. The molecule has 0 atom stereocenters. The van der Waals surface area contributed by atoms with Crippen molar-refractivity contribution in [2.45, 2.75) is 6.92 Å². The first-order chi connectivity index (χ1) is 12.1. The molecule has 0 radical (unpaired) electrons. The van der Waals surface area contributed by atoms with E-state index in [4.69, 9.17) is 9.47 Å². The Morgan fingerprint density at radius 1 is 0.920 bits per heavy atom. The van der Waals surface area contributed by atoms with E-state index < -0.39 is 0 Å². The fourth-order valence-electron chi connectivity index (χ4n) is 2.73. The Morgan fingerprint density at radius 2 is 1.60 bits per heavy atom. The quantitative estimate of drug-likeness (QED) is 0.542. The Balaban J connectivity index is 0.000000146. The maximum Gasteiger partial charge on any atom is 0.152 e. The lowest BCUT2D eigenvalue weighted by atomic mass is 10.2. The second-order valence-electron chi connectivity index (χ2n) is 5.68. The zero-order valence-electron chi connectivity index (χ0n) is 14.4. The zero-order valence-corrected chi connectivity index (χ0v) is 14.4. The van der Waals surface area contributed by atoms with E-state index in [1.165, 1.54) is 11.1 Å². The van der Waals surface area contributed by atoms with Crippen LogP contribution in [0.25, 0.3) is 21.8 Å². The molecular formula is C20H20N2O3. The van der Waals surface area contributed by atoms with Crippen LogP contribution in [0.3, 0.4) is 0 Å². The van der Waals surface area contributed by atoms with Gasteiger partial charge in [0.2, 0.25) is 0 Å². The molecule has 4 aromatic rings. The second kappa shape index (κ2) is 7.13. The molecule has 5 heteroatoms. The van der Waals surface area contributed by atoms with Crippen LogP contribution in [0.4, 0.5) is 0 Å². The molecule has 5 nitrogen and oxygen atoms in total. The Kier molecular flexibility index (Phi) is 4.75. The maximum atomic E-state index is 10.6. The predicted molar refractivity (Wildman–Crippen MR) is 99.8 cm³/mol. The van der Waals surface area contributed by atoms with E-state index in [-0.39, 0.29) is 0 Å². The molecule has 2 aromatic heterocycles. The summed E-state index contributed by atoms with van der Waals surface area (Å²) >= 11 is 0. The molecule has 4 rings (SSSR count). The number of aryl methyl sites for hydroxylation is 1. The molecule has 0 unspecified atom stereocenters. The molecule has 2 N–H and O–H groups in total. The predicted octanol–water partition coefficient (Wildman–Crippen LogP) is 4.47. The van der Waals surface area contributed by atoms with Crippen LogP contribution in [0, 0.1) is 6.92 Å². The Bertz CT molecular complexity index is 1010. The summed E-state index contributed by atoms with van der Waals surface area (Å²) in [6.45, 7) is 2.05. The molecule has 0 aliphatic heterocycles. The van der Waals surface area contributed by atoms with Gasteiger partial charge in [-0.3, -0.25) is 4.79 Å². The summed E-state index contributed by atoms with van der Waals surface area (Å²) in [5.41, 5.74) is 3.95. The van der Waals surface area contributed by atoms with Crippen molar-refractivity contribution < 1.29 is 14.3 Å². The average molecular weight is 336 g/mol. The van der Waals surface area contributed by atoms with E-state index in [2.05, 4.69) is 16.0 Å². The molecule has 0 fully saturated rings. The average Bonchev–Trinajstić information content (AvgIpc) is 3.22. The number of hydrogen-bond acceptors (Lipinski definition) is 3. The van der Waals surface area contributed by atoms with E-state index in [0.717, 1.165) is 34.2 Å². The molecule has 2 aromatic carbocycles. The summed E-state index contributed by atoms with van der Waals surface area (Å²) in [5.74, 6) is 1.66. The topological polar surface area (TPSA) is 67.1 Å². The zero-order chi connectivity index (χ0) is 17.8. The molecule has 2 heterocycles. The Hall–Kier alpha value is -3.21. The van der Waals surface area contributed by atoms with Crippen molar-refractivity contribution in [3.8, 4) is 11.5 Å². The molecule has 0 aliphatic rings. The number of carbonyl (C=O) groups excluding carboxylic acids is 1. The van der Waals surface area contributed by atoms with Gasteiger partial charge in [-0.15, -0.1) is 0 Å². The van der Waals surface area contributed by atoms with Crippen LogP contribution < -0.4 is 9.47 Å². The number of aromatic nitrogens is 2. The number of H-pyrrole nitrogens is 2. The van der Waals surface area contributed by atoms with Gasteiger partial charge in [-0.25, -0.2) is 0 Å². The van der Waals surface area contributed by atoms with Gasteiger partial charge < -0.3 is 19.4 Å². The fraction of sp³-hybridized carbons (Fsp3) is 0.150. The summed E-state index contributed by atoms with van der Waals surface area (Å²) < 4.78 is 10.2. The molecule has 0 spiro atoms. The number of nitrogens with one attached hydrogen (secondary N) is 2. The normalized spacial score (nSPS) is 10.4. The van der Waals surface area contributed by atoms with Gasteiger partial charge >= 0.3 is 0 Å². The number of rotatable bonds is 3. The third-order valence-corrected chi connectivity index (χ3v) is 4.01. The van der Waals surface area contributed by atoms with Crippen molar-refractivity contribution in [2.75, 3.05) is 14.2 Å². The monoisotopic (exact) mass is 336 g/mol. The second-order valence-corrected chi connectivity index (χ2v) is 5.68. The number of aromatic amines is 2. The summed E-state index contributed by atoms with van der Waals surface area (Å²) in [6.07, 6.45) is 2.52. The highest BCUT2D eigenvalue weighted by Crippen LogP contribution is 2.22. The van der Waals surface area contributed by atoms with Crippen LogP contribution in [0.15, 0.2) is 48.7 Å². The lowest BCUT2D eigenvalue weighted by Crippen LogP contribution is -1.82. The van der Waals surface area contributed by atoms with Crippen LogP contribution in [0.5, 0.6) is 11.5 Å². The van der Waals surface area contributed by atoms with Crippen molar-refractivity contribution in [1.29, 1.82) is 0 Å². The standard InChI is InChI=1S/C10H9NO2.C10H11NO/c1-13-8-2-3-10-9(4-8)7(6-12)5-11-10;1-7-5-8-6-9(12-2)3-4-10(8)11-7/h2-6,11H,1H3;3-6,11H,1-2H3. The van der Waals surface area contributed by atoms with E-state index in [9.17, 15) is 4.79 Å². The smallest absolute Gasteiger partial charge is 0.152 e. The van der Waals surface area contributed by atoms with Gasteiger partial charge in [-0.05, 0) is 49.4 Å². The van der Waals surface area contributed by atoms with Gasteiger partial charge in [0.25, 0.3) is 0 Å². The van der Waals surface area contributed by atoms with Crippen molar-refractivity contribution in [3.63, 3.8) is 0 Å². The first kappa shape index (κ1) is 16.6. The van der Waals surface area contributed by atoms with Crippen LogP contribution in [-0.2, 0) is 0 Å². The molecule has 0 saturated heterocycles. The van der Waals surface area contributed by atoms with E-state index in [1.807, 2.05) is 43.3 Å². The highest BCUT2D eigenvalue weighted by molar-refractivity contribution is 5.97. The highest BCUT2D eigenvalue weighted by Gasteiger charge is 2.03. The summed E-state index contributed by atoms with van der Waals surface area (Å²) in [6, 6.07) is 13.7. The van der Waals surface area contributed by atoms with Gasteiger partial charge in [0, 0.05) is 39.3 Å². The largest absolute Gasteiger partial charge is 0.497 e. The summed E-state index contributed by atoms with van der Waals surface area (Å²) in [7, 11) is 3.29. The SMILES string of the molecule is COc1ccc2[nH]c(C)cc2c1.COc1ccc2[nH]cc(C=O)c2c1. The van der Waals surface area contributed by atoms with Crippen molar-refractivity contribution in [1.82, 2.24) is 9.97 Å². The van der Waals surface area contributed by atoms with E-state index in [0.29, 0.717) is 5.56 Å². The number of benzene rings is 2. The molecule has 128 valence electrons. The third-order valence-electron chi connectivity index (χ3n) is 4.01. The van der Waals surface area contributed by atoms with Crippen molar-refractivity contribution >= 4 is 28.1 Å². The first-order valence-electron chi connectivity index (χ1n) is 7.88. The summed E-state index contributed by atoms with van der Waals surface area (Å²) in [5, 5.41) is 2.10. The van der Waals surface area contributed by atoms with Crippen molar-refractivity contribution in [2.24, 2.45) is 0 Å². The minimum absolute atomic E-state index is 0.661. The minimum Gasteiger partial charge on any atom is -0.497 e. The number of methoxy groups -OCH3 is 2. The van der Waals surface area contributed by atoms with Crippen LogP contribution in [-0.4, -0.2) is 30.5 Å². The summed E-state index contributed by atoms with van der Waals surface area (Å²) in [4.78, 5) is 16.9. The van der Waals surface area contributed by atoms with Gasteiger partial charge in [0.05, 0.1) is 14.2 Å². The Morgan fingerprint density at radius 3 is 2.28 bits per heavy atom. The van der Waals surface area contributed by atoms with E-state index >= 15 is 0 Å². The maximum absolute atomic E-state index is 10.6. The van der Waals surface area contributed by atoms with Crippen LogP contribution >= 0.6 is 0 Å². The molecule has 0 aliphatic carbocycles.